The Bertz CT molecular complexity index is 1400. The number of rotatable bonds is 10. The molecule has 192 valence electrons. The molecule has 0 fully saturated rings. The SMILES string of the molecule is CCCCCCCSc1nnc2n(-c3ccc(OC)cc3)c(=O)c3c4c(sc3n12)CO[C@H](C(C)C)C4. The number of thioether (sulfide) groups is 1. The van der Waals surface area contributed by atoms with Crippen LogP contribution in [0.3, 0.4) is 0 Å². The predicted molar refractivity (Wildman–Crippen MR) is 147 cm³/mol. The van der Waals surface area contributed by atoms with E-state index >= 15 is 0 Å². The van der Waals surface area contributed by atoms with Gasteiger partial charge in [0.15, 0.2) is 5.16 Å². The van der Waals surface area contributed by atoms with E-state index in [0.717, 1.165) is 55.8 Å². The zero-order valence-electron chi connectivity index (χ0n) is 21.5. The first-order valence-corrected chi connectivity index (χ1v) is 14.7. The molecule has 0 saturated carbocycles. The van der Waals surface area contributed by atoms with E-state index in [9.17, 15) is 4.79 Å². The number of hydrogen-bond donors (Lipinski definition) is 0. The molecule has 7 nitrogen and oxygen atoms in total. The summed E-state index contributed by atoms with van der Waals surface area (Å²) in [5.41, 5.74) is 1.83. The number of aromatic nitrogens is 4. The quantitative estimate of drug-likeness (QED) is 0.179. The van der Waals surface area contributed by atoms with Gasteiger partial charge < -0.3 is 9.47 Å². The van der Waals surface area contributed by atoms with Gasteiger partial charge in [0, 0.05) is 17.1 Å². The van der Waals surface area contributed by atoms with Gasteiger partial charge in [0.25, 0.3) is 5.56 Å². The summed E-state index contributed by atoms with van der Waals surface area (Å²) in [6, 6.07) is 7.55. The molecule has 0 amide bonds. The van der Waals surface area contributed by atoms with Gasteiger partial charge in [-0.1, -0.05) is 58.2 Å². The van der Waals surface area contributed by atoms with Crippen LogP contribution < -0.4 is 10.3 Å². The van der Waals surface area contributed by atoms with Crippen LogP contribution in [0.2, 0.25) is 0 Å². The number of nitrogens with zero attached hydrogens (tertiary/aromatic N) is 4. The van der Waals surface area contributed by atoms with Crippen molar-refractivity contribution in [2.45, 2.75) is 77.2 Å². The first kappa shape index (κ1) is 25.3. The molecule has 0 N–H and O–H groups in total. The highest BCUT2D eigenvalue weighted by atomic mass is 32.2. The molecule has 36 heavy (non-hydrogen) atoms. The van der Waals surface area contributed by atoms with Gasteiger partial charge >= 0.3 is 0 Å². The van der Waals surface area contributed by atoms with Gasteiger partial charge in [-0.25, -0.2) is 8.97 Å². The molecule has 0 aliphatic carbocycles. The van der Waals surface area contributed by atoms with Crippen LogP contribution >= 0.6 is 23.1 Å². The Kier molecular flexibility index (Phi) is 7.69. The number of ether oxygens (including phenoxy) is 2. The summed E-state index contributed by atoms with van der Waals surface area (Å²) in [7, 11) is 1.64. The van der Waals surface area contributed by atoms with Crippen LogP contribution in [0.4, 0.5) is 0 Å². The highest BCUT2D eigenvalue weighted by Gasteiger charge is 2.30. The monoisotopic (exact) mass is 526 g/mol. The molecule has 5 rings (SSSR count). The minimum atomic E-state index is -0.0481. The van der Waals surface area contributed by atoms with Crippen molar-refractivity contribution in [3.63, 3.8) is 0 Å². The Labute approximate surface area is 219 Å². The van der Waals surface area contributed by atoms with Crippen molar-refractivity contribution in [2.75, 3.05) is 12.9 Å². The Balaban J connectivity index is 1.64. The molecule has 0 spiro atoms. The molecule has 1 aliphatic heterocycles. The third kappa shape index (κ3) is 4.68. The highest BCUT2D eigenvalue weighted by Crippen LogP contribution is 2.37. The third-order valence-electron chi connectivity index (χ3n) is 6.90. The second-order valence-corrected chi connectivity index (χ2v) is 11.8. The van der Waals surface area contributed by atoms with Crippen LogP contribution in [0.1, 0.15) is 63.3 Å². The summed E-state index contributed by atoms with van der Waals surface area (Å²) in [4.78, 5) is 16.1. The molecular weight excluding hydrogens is 492 g/mol. The fraction of sp³-hybridized carbons (Fsp3) is 0.519. The van der Waals surface area contributed by atoms with Crippen molar-refractivity contribution in [2.24, 2.45) is 5.92 Å². The molecule has 0 radical (unpaired) electrons. The van der Waals surface area contributed by atoms with Crippen LogP contribution in [-0.2, 0) is 17.8 Å². The predicted octanol–water partition coefficient (Wildman–Crippen LogP) is 6.26. The van der Waals surface area contributed by atoms with Gasteiger partial charge in [0.1, 0.15) is 10.6 Å². The van der Waals surface area contributed by atoms with E-state index in [1.165, 1.54) is 25.7 Å². The van der Waals surface area contributed by atoms with Gasteiger partial charge in [0.2, 0.25) is 5.78 Å². The number of benzene rings is 1. The number of fused-ring (bicyclic) bond motifs is 5. The van der Waals surface area contributed by atoms with Crippen LogP contribution in [0.15, 0.2) is 34.2 Å². The van der Waals surface area contributed by atoms with E-state index in [1.807, 2.05) is 24.3 Å². The van der Waals surface area contributed by atoms with E-state index in [1.54, 1.807) is 34.8 Å². The van der Waals surface area contributed by atoms with Gasteiger partial charge in [-0.3, -0.25) is 4.79 Å². The summed E-state index contributed by atoms with van der Waals surface area (Å²) in [6.07, 6.45) is 7.03. The minimum Gasteiger partial charge on any atom is -0.497 e. The normalized spacial score (nSPS) is 15.8. The molecule has 0 saturated heterocycles. The second-order valence-electron chi connectivity index (χ2n) is 9.70. The molecule has 9 heteroatoms. The van der Waals surface area contributed by atoms with E-state index in [0.29, 0.717) is 18.3 Å². The molecule has 0 unspecified atom stereocenters. The van der Waals surface area contributed by atoms with Gasteiger partial charge in [0.05, 0.1) is 30.9 Å². The molecule has 1 atom stereocenters. The topological polar surface area (TPSA) is 70.7 Å². The standard InChI is InChI=1S/C27H34N4O3S2/c1-5-6-7-8-9-14-35-27-29-28-26-30(18-10-12-19(33-4)13-11-18)24(32)23-20-15-21(17(2)3)34-16-22(20)36-25(23)31(26)27/h10-13,17,21H,5-9,14-16H2,1-4H3/t21-/m0/s1. The van der Waals surface area contributed by atoms with E-state index in [2.05, 4.69) is 35.4 Å². The van der Waals surface area contributed by atoms with E-state index in [4.69, 9.17) is 9.47 Å². The lowest BCUT2D eigenvalue weighted by molar-refractivity contribution is 0.00200. The lowest BCUT2D eigenvalue weighted by Crippen LogP contribution is -2.28. The Morgan fingerprint density at radius 2 is 1.94 bits per heavy atom. The maximum absolute atomic E-state index is 14.1. The zero-order valence-corrected chi connectivity index (χ0v) is 23.1. The first-order valence-electron chi connectivity index (χ1n) is 12.9. The molecule has 4 heterocycles. The summed E-state index contributed by atoms with van der Waals surface area (Å²) in [5.74, 6) is 2.66. The van der Waals surface area contributed by atoms with Crippen molar-refractivity contribution in [3.05, 3.63) is 45.1 Å². The van der Waals surface area contributed by atoms with E-state index in [-0.39, 0.29) is 11.7 Å². The number of hydrogen-bond acceptors (Lipinski definition) is 7. The number of unbranched alkanes of at least 4 members (excludes halogenated alkanes) is 4. The molecule has 3 aromatic heterocycles. The van der Waals surface area contributed by atoms with Gasteiger partial charge in [-0.2, -0.15) is 0 Å². The Morgan fingerprint density at radius 1 is 1.17 bits per heavy atom. The third-order valence-corrected chi connectivity index (χ3v) is 9.10. The lowest BCUT2D eigenvalue weighted by Gasteiger charge is -2.26. The maximum Gasteiger partial charge on any atom is 0.268 e. The minimum absolute atomic E-state index is 0.0481. The summed E-state index contributed by atoms with van der Waals surface area (Å²) < 4.78 is 15.3. The fourth-order valence-electron chi connectivity index (χ4n) is 4.79. The molecule has 1 aromatic carbocycles. The zero-order chi connectivity index (χ0) is 25.2. The van der Waals surface area contributed by atoms with Gasteiger partial charge in [-0.15, -0.1) is 21.5 Å². The van der Waals surface area contributed by atoms with Crippen LogP contribution in [0.5, 0.6) is 5.75 Å². The summed E-state index contributed by atoms with van der Waals surface area (Å²) in [6.45, 7) is 7.13. The smallest absolute Gasteiger partial charge is 0.268 e. The molecule has 1 aliphatic rings. The fourth-order valence-corrected chi connectivity index (χ4v) is 7.02. The van der Waals surface area contributed by atoms with Crippen molar-refractivity contribution in [1.82, 2.24) is 19.2 Å². The molecular formula is C27H34N4O3S2. The van der Waals surface area contributed by atoms with Crippen LogP contribution in [0, 0.1) is 5.92 Å². The Morgan fingerprint density at radius 3 is 2.67 bits per heavy atom. The maximum atomic E-state index is 14.1. The average molecular weight is 527 g/mol. The lowest BCUT2D eigenvalue weighted by atomic mass is 9.96. The summed E-state index contributed by atoms with van der Waals surface area (Å²) in [5, 5.41) is 10.7. The molecule has 4 aromatic rings. The van der Waals surface area contributed by atoms with Crippen molar-refractivity contribution in [3.8, 4) is 11.4 Å². The van der Waals surface area contributed by atoms with Crippen molar-refractivity contribution < 1.29 is 9.47 Å². The van der Waals surface area contributed by atoms with Crippen LogP contribution in [0.25, 0.3) is 21.7 Å². The Hall–Kier alpha value is -2.36. The number of methoxy groups -OCH3 is 1. The molecule has 0 bridgehead atoms. The number of thiophene rings is 1. The van der Waals surface area contributed by atoms with Crippen molar-refractivity contribution >= 4 is 39.1 Å². The van der Waals surface area contributed by atoms with Crippen molar-refractivity contribution in [1.29, 1.82) is 0 Å². The average Bonchev–Trinajstić information content (AvgIpc) is 3.47. The highest BCUT2D eigenvalue weighted by molar-refractivity contribution is 7.99. The van der Waals surface area contributed by atoms with Crippen LogP contribution in [-0.4, -0.2) is 38.1 Å². The van der Waals surface area contributed by atoms with Gasteiger partial charge in [-0.05, 0) is 42.2 Å². The second kappa shape index (κ2) is 10.9. The summed E-state index contributed by atoms with van der Waals surface area (Å²) >= 11 is 3.37. The van der Waals surface area contributed by atoms with E-state index < -0.39 is 0 Å². The largest absolute Gasteiger partial charge is 0.497 e. The first-order chi connectivity index (χ1) is 17.5.